The van der Waals surface area contributed by atoms with E-state index in [0.717, 1.165) is 16.3 Å². The smallest absolute Gasteiger partial charge is 0.0918 e. The molecule has 74 valence electrons. The van der Waals surface area contributed by atoms with Crippen molar-refractivity contribution in [3.8, 4) is 0 Å². The summed E-state index contributed by atoms with van der Waals surface area (Å²) in [5, 5.41) is 0.936. The fourth-order valence-corrected chi connectivity index (χ4v) is 1.49. The van der Waals surface area contributed by atoms with E-state index in [1.165, 1.54) is 0 Å². The number of nitrogens with zero attached hydrogens (tertiary/aromatic N) is 1. The normalized spacial score (nSPS) is 13.0. The van der Waals surface area contributed by atoms with Gasteiger partial charge in [0.1, 0.15) is 0 Å². The number of thioether (sulfide) groups is 1. The van der Waals surface area contributed by atoms with E-state index in [2.05, 4.69) is 4.99 Å². The SMILES string of the molecule is CN=C(C=C(N)c1ccccc1)SC. The monoisotopic (exact) mass is 206 g/mol. The fourth-order valence-electron chi connectivity index (χ4n) is 1.06. The minimum Gasteiger partial charge on any atom is -0.398 e. The van der Waals surface area contributed by atoms with Crippen LogP contribution in [0.3, 0.4) is 0 Å². The van der Waals surface area contributed by atoms with Crippen LogP contribution in [-0.4, -0.2) is 18.3 Å². The molecule has 0 saturated heterocycles. The molecule has 0 radical (unpaired) electrons. The summed E-state index contributed by atoms with van der Waals surface area (Å²) >= 11 is 1.59. The van der Waals surface area contributed by atoms with Crippen LogP contribution in [0.25, 0.3) is 5.70 Å². The van der Waals surface area contributed by atoms with E-state index in [-0.39, 0.29) is 0 Å². The van der Waals surface area contributed by atoms with E-state index < -0.39 is 0 Å². The van der Waals surface area contributed by atoms with Crippen molar-refractivity contribution in [2.45, 2.75) is 0 Å². The van der Waals surface area contributed by atoms with Gasteiger partial charge in [-0.15, -0.1) is 11.8 Å². The van der Waals surface area contributed by atoms with E-state index >= 15 is 0 Å². The Labute approximate surface area is 88.9 Å². The molecule has 3 heteroatoms. The molecule has 1 aromatic rings. The molecule has 0 heterocycles. The highest BCUT2D eigenvalue weighted by atomic mass is 32.2. The molecule has 2 nitrogen and oxygen atoms in total. The van der Waals surface area contributed by atoms with Gasteiger partial charge in [0.15, 0.2) is 0 Å². The minimum atomic E-state index is 0.751. The number of rotatable bonds is 2. The van der Waals surface area contributed by atoms with Crippen LogP contribution >= 0.6 is 11.8 Å². The third-order valence-corrected chi connectivity index (χ3v) is 2.53. The zero-order chi connectivity index (χ0) is 10.4. The Bertz CT molecular complexity index is 342. The summed E-state index contributed by atoms with van der Waals surface area (Å²) in [5.41, 5.74) is 7.69. The standard InChI is InChI=1S/C11H14N2S/c1-13-11(14-2)8-10(12)9-6-4-3-5-7-9/h3-8H,12H2,1-2H3. The molecule has 1 rings (SSSR count). The van der Waals surface area contributed by atoms with Crippen LogP contribution in [0.4, 0.5) is 0 Å². The molecule has 0 atom stereocenters. The van der Waals surface area contributed by atoms with E-state index in [1.54, 1.807) is 18.8 Å². The predicted molar refractivity (Wildman–Crippen MR) is 65.5 cm³/mol. The van der Waals surface area contributed by atoms with Crippen molar-refractivity contribution in [3.05, 3.63) is 42.0 Å². The van der Waals surface area contributed by atoms with Gasteiger partial charge in [0.25, 0.3) is 0 Å². The second kappa shape index (κ2) is 5.50. The topological polar surface area (TPSA) is 38.4 Å². The Morgan fingerprint density at radius 2 is 2.00 bits per heavy atom. The largest absolute Gasteiger partial charge is 0.398 e. The van der Waals surface area contributed by atoms with Crippen LogP contribution in [0.1, 0.15) is 5.56 Å². The molecule has 14 heavy (non-hydrogen) atoms. The Morgan fingerprint density at radius 1 is 1.36 bits per heavy atom. The van der Waals surface area contributed by atoms with Gasteiger partial charge in [-0.3, -0.25) is 4.99 Å². The molecule has 2 N–H and O–H groups in total. The molecule has 0 aliphatic rings. The van der Waals surface area contributed by atoms with Crippen molar-refractivity contribution in [2.24, 2.45) is 10.7 Å². The van der Waals surface area contributed by atoms with Crippen molar-refractivity contribution in [1.29, 1.82) is 0 Å². The van der Waals surface area contributed by atoms with Gasteiger partial charge >= 0.3 is 0 Å². The Balaban J connectivity index is 2.90. The molecule has 0 fully saturated rings. The average molecular weight is 206 g/mol. The molecule has 0 saturated carbocycles. The Kier molecular flexibility index (Phi) is 4.26. The second-order valence-electron chi connectivity index (χ2n) is 2.73. The molecule has 0 aliphatic carbocycles. The maximum Gasteiger partial charge on any atom is 0.0918 e. The Morgan fingerprint density at radius 3 is 2.50 bits per heavy atom. The van der Waals surface area contributed by atoms with Crippen molar-refractivity contribution >= 4 is 22.5 Å². The molecule has 0 aromatic heterocycles. The van der Waals surface area contributed by atoms with E-state index in [4.69, 9.17) is 5.73 Å². The summed E-state index contributed by atoms with van der Waals surface area (Å²) in [4.78, 5) is 4.10. The van der Waals surface area contributed by atoms with Crippen LogP contribution in [0.5, 0.6) is 0 Å². The lowest BCUT2D eigenvalue weighted by molar-refractivity contribution is 1.46. The number of nitrogens with two attached hydrogens (primary N) is 1. The maximum atomic E-state index is 5.91. The lowest BCUT2D eigenvalue weighted by Crippen LogP contribution is -1.99. The van der Waals surface area contributed by atoms with Crippen LogP contribution in [0.15, 0.2) is 41.4 Å². The number of hydrogen-bond donors (Lipinski definition) is 1. The van der Waals surface area contributed by atoms with E-state index in [1.807, 2.05) is 42.7 Å². The fraction of sp³-hybridized carbons (Fsp3) is 0.182. The zero-order valence-electron chi connectivity index (χ0n) is 8.40. The van der Waals surface area contributed by atoms with Crippen LogP contribution in [0.2, 0.25) is 0 Å². The van der Waals surface area contributed by atoms with Gasteiger partial charge < -0.3 is 5.73 Å². The van der Waals surface area contributed by atoms with Crippen molar-refractivity contribution in [3.63, 3.8) is 0 Å². The first kappa shape index (κ1) is 10.9. The predicted octanol–water partition coefficient (Wildman–Crippen LogP) is 2.38. The number of hydrogen-bond acceptors (Lipinski definition) is 3. The molecule has 0 bridgehead atoms. The summed E-state index contributed by atoms with van der Waals surface area (Å²) < 4.78 is 0. The summed E-state index contributed by atoms with van der Waals surface area (Å²) in [5.74, 6) is 0. The number of benzene rings is 1. The van der Waals surface area contributed by atoms with Crippen molar-refractivity contribution in [2.75, 3.05) is 13.3 Å². The third kappa shape index (κ3) is 2.92. The highest BCUT2D eigenvalue weighted by Gasteiger charge is 1.96. The Hall–Kier alpha value is -1.22. The summed E-state index contributed by atoms with van der Waals surface area (Å²) in [7, 11) is 1.76. The third-order valence-electron chi connectivity index (χ3n) is 1.82. The molecular weight excluding hydrogens is 192 g/mol. The average Bonchev–Trinajstić information content (AvgIpc) is 2.26. The second-order valence-corrected chi connectivity index (χ2v) is 3.56. The summed E-state index contributed by atoms with van der Waals surface area (Å²) in [6.45, 7) is 0. The highest BCUT2D eigenvalue weighted by Crippen LogP contribution is 2.10. The molecule has 0 spiro atoms. The molecule has 0 aliphatic heterocycles. The van der Waals surface area contributed by atoms with Gasteiger partial charge in [-0.2, -0.15) is 0 Å². The van der Waals surface area contributed by atoms with Gasteiger partial charge in [0.2, 0.25) is 0 Å². The van der Waals surface area contributed by atoms with Gasteiger partial charge in [-0.25, -0.2) is 0 Å². The van der Waals surface area contributed by atoms with Crippen molar-refractivity contribution in [1.82, 2.24) is 0 Å². The van der Waals surface area contributed by atoms with Crippen molar-refractivity contribution < 1.29 is 0 Å². The first-order valence-corrected chi connectivity index (χ1v) is 5.53. The zero-order valence-corrected chi connectivity index (χ0v) is 9.21. The van der Waals surface area contributed by atoms with Crippen LogP contribution in [0, 0.1) is 0 Å². The molecule has 1 aromatic carbocycles. The first-order valence-electron chi connectivity index (χ1n) is 4.31. The van der Waals surface area contributed by atoms with Crippen LogP contribution in [-0.2, 0) is 0 Å². The first-order chi connectivity index (χ1) is 6.77. The van der Waals surface area contributed by atoms with Gasteiger partial charge in [0, 0.05) is 12.7 Å². The number of aliphatic imine (C=N–C) groups is 1. The van der Waals surface area contributed by atoms with Gasteiger partial charge in [0.05, 0.1) is 5.04 Å². The summed E-state index contributed by atoms with van der Waals surface area (Å²) in [6.07, 6.45) is 3.87. The lowest BCUT2D eigenvalue weighted by atomic mass is 10.1. The quantitative estimate of drug-likeness (QED) is 0.596. The van der Waals surface area contributed by atoms with Gasteiger partial charge in [-0.1, -0.05) is 30.3 Å². The molecule has 0 amide bonds. The highest BCUT2D eigenvalue weighted by molar-refractivity contribution is 8.13. The van der Waals surface area contributed by atoms with E-state index in [9.17, 15) is 0 Å². The maximum absolute atomic E-state index is 5.91. The van der Waals surface area contributed by atoms with Crippen LogP contribution < -0.4 is 5.73 Å². The van der Waals surface area contributed by atoms with E-state index in [0.29, 0.717) is 0 Å². The summed E-state index contributed by atoms with van der Waals surface area (Å²) in [6, 6.07) is 9.88. The van der Waals surface area contributed by atoms with Gasteiger partial charge in [-0.05, 0) is 17.9 Å². The minimum absolute atomic E-state index is 0.751. The lowest BCUT2D eigenvalue weighted by Gasteiger charge is -2.01. The molecule has 0 unspecified atom stereocenters. The molecular formula is C11H14N2S.